The number of hydrogen-bond donors (Lipinski definition) is 2. The summed E-state index contributed by atoms with van der Waals surface area (Å²) in [5, 5.41) is 15.4. The Balaban J connectivity index is 1.39. The van der Waals surface area contributed by atoms with E-state index >= 15 is 0 Å². The molecule has 182 valence electrons. The van der Waals surface area contributed by atoms with Crippen LogP contribution in [0.15, 0.2) is 65.4 Å². The van der Waals surface area contributed by atoms with Crippen LogP contribution in [0.5, 0.6) is 5.75 Å². The van der Waals surface area contributed by atoms with E-state index in [2.05, 4.69) is 6.92 Å². The third-order valence-corrected chi connectivity index (χ3v) is 8.50. The van der Waals surface area contributed by atoms with Gasteiger partial charge in [0.1, 0.15) is 12.3 Å². The number of thiophene rings is 2. The Bertz CT molecular complexity index is 957. The van der Waals surface area contributed by atoms with Crippen LogP contribution in [0.2, 0.25) is 0 Å². The van der Waals surface area contributed by atoms with Gasteiger partial charge in [0.25, 0.3) is 0 Å². The first-order valence-electron chi connectivity index (χ1n) is 12.1. The molecule has 4 rings (SSSR count). The maximum atomic E-state index is 13.5. The fraction of sp³-hybridized carbons (Fsp3) is 0.444. The molecule has 5 nitrogen and oxygen atoms in total. The number of rotatable bonds is 11. The second-order valence-electron chi connectivity index (χ2n) is 8.92. The lowest BCUT2D eigenvalue weighted by atomic mass is 9.89. The van der Waals surface area contributed by atoms with Crippen molar-refractivity contribution in [2.24, 2.45) is 5.92 Å². The van der Waals surface area contributed by atoms with Gasteiger partial charge in [-0.15, -0.1) is 22.7 Å². The van der Waals surface area contributed by atoms with Crippen LogP contribution in [0.25, 0.3) is 0 Å². The molecule has 1 aliphatic rings. The number of aliphatic hydroxyl groups is 1. The van der Waals surface area contributed by atoms with Crippen LogP contribution in [0.3, 0.4) is 0 Å². The minimum atomic E-state index is -1.75. The van der Waals surface area contributed by atoms with Gasteiger partial charge in [0.2, 0.25) is 5.60 Å². The molecule has 1 fully saturated rings. The van der Waals surface area contributed by atoms with E-state index in [1.54, 1.807) is 12.1 Å². The van der Waals surface area contributed by atoms with Gasteiger partial charge in [0.15, 0.2) is 6.10 Å². The van der Waals surface area contributed by atoms with Crippen LogP contribution in [-0.4, -0.2) is 43.4 Å². The van der Waals surface area contributed by atoms with Crippen molar-refractivity contribution < 1.29 is 24.3 Å². The van der Waals surface area contributed by atoms with Crippen molar-refractivity contribution in [3.63, 3.8) is 0 Å². The number of esters is 1. The Morgan fingerprint density at radius 1 is 1.09 bits per heavy atom. The van der Waals surface area contributed by atoms with Gasteiger partial charge in [0.05, 0.1) is 29.5 Å². The SMILES string of the molecule is CCCC1CC[NH+](CCCOc2ccccc2)CC1OC(=O)C(O)(c1cccs1)c1cccs1. The predicted molar refractivity (Wildman–Crippen MR) is 137 cm³/mol. The second-order valence-corrected chi connectivity index (χ2v) is 10.8. The number of quaternary nitrogens is 1. The number of nitrogens with one attached hydrogen (secondary N) is 1. The average molecular weight is 501 g/mol. The summed E-state index contributed by atoms with van der Waals surface area (Å²) < 4.78 is 12.0. The van der Waals surface area contributed by atoms with Crippen LogP contribution in [0.1, 0.15) is 42.4 Å². The van der Waals surface area contributed by atoms with Gasteiger partial charge in [-0.1, -0.05) is 43.7 Å². The van der Waals surface area contributed by atoms with E-state index < -0.39 is 11.6 Å². The molecule has 0 saturated carbocycles. The van der Waals surface area contributed by atoms with Crippen LogP contribution in [-0.2, 0) is 15.1 Å². The fourth-order valence-electron chi connectivity index (χ4n) is 4.74. The lowest BCUT2D eigenvalue weighted by Gasteiger charge is -2.37. The maximum Gasteiger partial charge on any atom is 0.349 e. The Hall–Kier alpha value is -2.19. The van der Waals surface area contributed by atoms with Gasteiger partial charge >= 0.3 is 5.97 Å². The summed E-state index contributed by atoms with van der Waals surface area (Å²) in [6, 6.07) is 17.2. The Kier molecular flexibility index (Phi) is 8.78. The van der Waals surface area contributed by atoms with Crippen molar-refractivity contribution in [2.45, 2.75) is 44.3 Å². The average Bonchev–Trinajstić information content (AvgIpc) is 3.59. The molecule has 0 amide bonds. The molecule has 3 aromatic rings. The van der Waals surface area contributed by atoms with Crippen molar-refractivity contribution in [3.05, 3.63) is 75.1 Å². The first kappa shape index (κ1) is 24.9. The van der Waals surface area contributed by atoms with E-state index in [0.717, 1.165) is 51.1 Å². The van der Waals surface area contributed by atoms with E-state index in [1.807, 2.05) is 53.2 Å². The predicted octanol–water partition coefficient (Wildman–Crippen LogP) is 4.13. The van der Waals surface area contributed by atoms with E-state index in [-0.39, 0.29) is 6.10 Å². The highest BCUT2D eigenvalue weighted by molar-refractivity contribution is 7.12. The highest BCUT2D eigenvalue weighted by atomic mass is 32.1. The number of carbonyl (C=O) groups excluding carboxylic acids is 1. The molecule has 34 heavy (non-hydrogen) atoms. The lowest BCUT2D eigenvalue weighted by molar-refractivity contribution is -0.909. The minimum absolute atomic E-state index is 0.197. The molecule has 0 radical (unpaired) electrons. The summed E-state index contributed by atoms with van der Waals surface area (Å²) in [6.07, 6.45) is 3.85. The zero-order chi connectivity index (χ0) is 23.8. The van der Waals surface area contributed by atoms with Crippen molar-refractivity contribution >= 4 is 28.6 Å². The molecule has 2 N–H and O–H groups in total. The van der Waals surface area contributed by atoms with E-state index in [9.17, 15) is 9.90 Å². The van der Waals surface area contributed by atoms with Crippen LogP contribution in [0.4, 0.5) is 0 Å². The fourth-order valence-corrected chi connectivity index (χ4v) is 6.45. The van der Waals surface area contributed by atoms with Crippen LogP contribution < -0.4 is 9.64 Å². The monoisotopic (exact) mass is 500 g/mol. The molecule has 1 saturated heterocycles. The number of likely N-dealkylation sites (tertiary alicyclic amines) is 1. The standard InChI is InChI=1S/C27H33NO4S2/c1-2-9-21-14-16-28(15-8-17-31-22-10-4-3-5-11-22)20-23(21)32-26(29)27(30,24-12-6-18-33-24)25-13-7-19-34-25/h3-7,10-13,18-19,21,23,30H,2,8-9,14-17,20H2,1H3/p+1. The van der Waals surface area contributed by atoms with Crippen molar-refractivity contribution in [1.82, 2.24) is 0 Å². The number of hydrogen-bond acceptors (Lipinski definition) is 6. The molecule has 3 atom stereocenters. The van der Waals surface area contributed by atoms with Crippen LogP contribution >= 0.6 is 22.7 Å². The summed E-state index contributed by atoms with van der Waals surface area (Å²) in [6.45, 7) is 5.66. The summed E-state index contributed by atoms with van der Waals surface area (Å²) in [5.41, 5.74) is -1.75. The first-order valence-corrected chi connectivity index (χ1v) is 13.9. The number of piperidine rings is 1. The molecule has 1 aliphatic heterocycles. The quantitative estimate of drug-likeness (QED) is 0.307. The summed E-state index contributed by atoms with van der Waals surface area (Å²) in [7, 11) is 0. The molecular weight excluding hydrogens is 466 g/mol. The molecule has 0 spiro atoms. The second kappa shape index (κ2) is 12.0. The third kappa shape index (κ3) is 5.89. The number of benzene rings is 1. The van der Waals surface area contributed by atoms with Crippen molar-refractivity contribution in [2.75, 3.05) is 26.2 Å². The topological polar surface area (TPSA) is 60.2 Å². The Morgan fingerprint density at radius 3 is 2.41 bits per heavy atom. The molecule has 1 aromatic carbocycles. The largest absolute Gasteiger partial charge is 0.493 e. The summed E-state index contributed by atoms with van der Waals surface area (Å²) >= 11 is 2.76. The van der Waals surface area contributed by atoms with Gasteiger partial charge < -0.3 is 19.5 Å². The highest BCUT2D eigenvalue weighted by Gasteiger charge is 2.46. The molecule has 0 aliphatic carbocycles. The number of ether oxygens (including phenoxy) is 2. The molecule has 7 heteroatoms. The molecule has 3 heterocycles. The van der Waals surface area contributed by atoms with Gasteiger partial charge in [-0.2, -0.15) is 0 Å². The molecule has 2 aromatic heterocycles. The number of carbonyl (C=O) groups is 1. The van der Waals surface area contributed by atoms with Gasteiger partial charge in [-0.3, -0.25) is 0 Å². The van der Waals surface area contributed by atoms with E-state index in [1.165, 1.54) is 27.6 Å². The zero-order valence-corrected chi connectivity index (χ0v) is 21.3. The smallest absolute Gasteiger partial charge is 0.349 e. The van der Waals surface area contributed by atoms with Gasteiger partial charge in [-0.05, 0) is 41.4 Å². The molecular formula is C27H34NO4S2+. The minimum Gasteiger partial charge on any atom is -0.493 e. The highest BCUT2D eigenvalue weighted by Crippen LogP contribution is 2.37. The van der Waals surface area contributed by atoms with Gasteiger partial charge in [-0.25, -0.2) is 4.79 Å². The van der Waals surface area contributed by atoms with Crippen molar-refractivity contribution in [1.29, 1.82) is 0 Å². The Morgan fingerprint density at radius 2 is 1.79 bits per heavy atom. The van der Waals surface area contributed by atoms with E-state index in [4.69, 9.17) is 9.47 Å². The summed E-state index contributed by atoms with van der Waals surface area (Å²) in [4.78, 5) is 16.1. The Labute approximate surface area is 210 Å². The lowest BCUT2D eigenvalue weighted by Crippen LogP contribution is -3.14. The third-order valence-electron chi connectivity index (χ3n) is 6.54. The maximum absolute atomic E-state index is 13.5. The molecule has 3 unspecified atom stereocenters. The normalized spacial score (nSPS) is 20.7. The van der Waals surface area contributed by atoms with Gasteiger partial charge in [0, 0.05) is 18.8 Å². The van der Waals surface area contributed by atoms with E-state index in [0.29, 0.717) is 22.3 Å². The van der Waals surface area contributed by atoms with Crippen LogP contribution in [0, 0.1) is 5.92 Å². The number of para-hydroxylation sites is 1. The first-order chi connectivity index (χ1) is 16.6. The molecule has 0 bridgehead atoms. The zero-order valence-electron chi connectivity index (χ0n) is 19.7. The summed E-state index contributed by atoms with van der Waals surface area (Å²) in [5.74, 6) is 0.666. The van der Waals surface area contributed by atoms with Crippen molar-refractivity contribution in [3.8, 4) is 5.75 Å².